The molecule has 0 radical (unpaired) electrons. The van der Waals surface area contributed by atoms with Gasteiger partial charge in [-0.15, -0.1) is 0 Å². The molecule has 0 aliphatic heterocycles. The van der Waals surface area contributed by atoms with E-state index in [0.717, 1.165) is 5.92 Å². The van der Waals surface area contributed by atoms with Crippen LogP contribution < -0.4 is 5.32 Å². The van der Waals surface area contributed by atoms with Crippen LogP contribution in [0.25, 0.3) is 0 Å². The van der Waals surface area contributed by atoms with Crippen LogP contribution in [0.15, 0.2) is 12.2 Å². The van der Waals surface area contributed by atoms with Gasteiger partial charge in [0.25, 0.3) is 0 Å². The summed E-state index contributed by atoms with van der Waals surface area (Å²) in [6, 6.07) is 0.644. The van der Waals surface area contributed by atoms with Crippen LogP contribution in [0.5, 0.6) is 0 Å². The molecule has 0 bridgehead atoms. The van der Waals surface area contributed by atoms with Crippen molar-refractivity contribution in [2.75, 3.05) is 7.05 Å². The lowest BCUT2D eigenvalue weighted by Crippen LogP contribution is -2.20. The van der Waals surface area contributed by atoms with Gasteiger partial charge < -0.3 is 5.32 Å². The van der Waals surface area contributed by atoms with E-state index in [9.17, 15) is 0 Å². The molecule has 0 saturated heterocycles. The van der Waals surface area contributed by atoms with Crippen molar-refractivity contribution in [3.05, 3.63) is 12.2 Å². The molecular weight excluding hydrogens is 98.1 g/mol. The molecule has 0 aromatic carbocycles. The summed E-state index contributed by atoms with van der Waals surface area (Å²) in [6.07, 6.45) is 5.78. The van der Waals surface area contributed by atoms with E-state index in [2.05, 4.69) is 24.4 Å². The van der Waals surface area contributed by atoms with Crippen LogP contribution in [-0.4, -0.2) is 13.1 Å². The van der Waals surface area contributed by atoms with Gasteiger partial charge >= 0.3 is 0 Å². The van der Waals surface area contributed by atoms with Crippen molar-refractivity contribution in [1.82, 2.24) is 5.32 Å². The van der Waals surface area contributed by atoms with E-state index in [4.69, 9.17) is 0 Å². The van der Waals surface area contributed by atoms with Crippen molar-refractivity contribution < 1.29 is 0 Å². The van der Waals surface area contributed by atoms with Crippen molar-refractivity contribution in [3.8, 4) is 0 Å². The Balaban J connectivity index is 2.34. The lowest BCUT2D eigenvalue weighted by atomic mass is 10.1. The Morgan fingerprint density at radius 3 is 2.50 bits per heavy atom. The fourth-order valence-electron chi connectivity index (χ4n) is 1.10. The van der Waals surface area contributed by atoms with Crippen molar-refractivity contribution >= 4 is 0 Å². The second-order valence-electron chi connectivity index (χ2n) is 2.49. The number of allylic oxidation sites excluding steroid dienone is 1. The molecule has 0 amide bonds. The largest absolute Gasteiger partial charge is 0.314 e. The van der Waals surface area contributed by atoms with Gasteiger partial charge in [0.15, 0.2) is 0 Å². The van der Waals surface area contributed by atoms with Gasteiger partial charge in [-0.25, -0.2) is 0 Å². The fraction of sp³-hybridized carbons (Fsp3) is 0.714. The van der Waals surface area contributed by atoms with Gasteiger partial charge in [-0.3, -0.25) is 0 Å². The molecule has 0 heterocycles. The summed E-state index contributed by atoms with van der Waals surface area (Å²) < 4.78 is 0. The van der Waals surface area contributed by atoms with Crippen LogP contribution in [0.4, 0.5) is 0 Å². The first-order valence-electron chi connectivity index (χ1n) is 3.18. The second kappa shape index (κ2) is 2.31. The third-order valence-electron chi connectivity index (χ3n) is 1.67. The monoisotopic (exact) mass is 111 g/mol. The first-order chi connectivity index (χ1) is 3.83. The van der Waals surface area contributed by atoms with Gasteiger partial charge in [-0.1, -0.05) is 19.1 Å². The molecule has 46 valence electrons. The highest BCUT2D eigenvalue weighted by Crippen LogP contribution is 2.15. The zero-order chi connectivity index (χ0) is 5.98. The van der Waals surface area contributed by atoms with Gasteiger partial charge in [-0.2, -0.15) is 0 Å². The fourth-order valence-corrected chi connectivity index (χ4v) is 1.10. The van der Waals surface area contributed by atoms with E-state index in [1.807, 2.05) is 7.05 Å². The van der Waals surface area contributed by atoms with Crippen molar-refractivity contribution in [2.45, 2.75) is 19.4 Å². The molecule has 1 aliphatic rings. The minimum atomic E-state index is 0.644. The number of nitrogens with one attached hydrogen (secondary N) is 1. The van der Waals surface area contributed by atoms with Crippen molar-refractivity contribution in [2.24, 2.45) is 5.92 Å². The third-order valence-corrected chi connectivity index (χ3v) is 1.67. The van der Waals surface area contributed by atoms with Crippen molar-refractivity contribution in [1.29, 1.82) is 0 Å². The second-order valence-corrected chi connectivity index (χ2v) is 2.49. The van der Waals surface area contributed by atoms with Gasteiger partial charge in [0, 0.05) is 6.04 Å². The average Bonchev–Trinajstić information content (AvgIpc) is 2.14. The van der Waals surface area contributed by atoms with Gasteiger partial charge in [-0.05, 0) is 19.4 Å². The predicted molar refractivity (Wildman–Crippen MR) is 35.8 cm³/mol. The Morgan fingerprint density at radius 1 is 1.50 bits per heavy atom. The summed E-state index contributed by atoms with van der Waals surface area (Å²) >= 11 is 0. The Morgan fingerprint density at radius 2 is 2.25 bits per heavy atom. The maximum atomic E-state index is 3.21. The third kappa shape index (κ3) is 1.10. The minimum Gasteiger partial charge on any atom is -0.314 e. The quantitative estimate of drug-likeness (QED) is 0.501. The first-order valence-corrected chi connectivity index (χ1v) is 3.18. The van der Waals surface area contributed by atoms with Crippen molar-refractivity contribution in [3.63, 3.8) is 0 Å². The smallest absolute Gasteiger partial charge is 0.0252 e. The zero-order valence-corrected chi connectivity index (χ0v) is 5.52. The van der Waals surface area contributed by atoms with E-state index in [1.165, 1.54) is 6.42 Å². The van der Waals surface area contributed by atoms with Crippen LogP contribution in [0, 0.1) is 5.92 Å². The minimum absolute atomic E-state index is 0.644. The van der Waals surface area contributed by atoms with Crippen LogP contribution in [0.2, 0.25) is 0 Å². The number of hydrogen-bond donors (Lipinski definition) is 1. The summed E-state index contributed by atoms with van der Waals surface area (Å²) in [6.45, 7) is 2.24. The summed E-state index contributed by atoms with van der Waals surface area (Å²) in [4.78, 5) is 0. The van der Waals surface area contributed by atoms with Gasteiger partial charge in [0.2, 0.25) is 0 Å². The molecule has 1 nitrogen and oxygen atoms in total. The normalized spacial score (nSPS) is 36.2. The maximum Gasteiger partial charge on any atom is 0.0252 e. The molecule has 1 N–H and O–H groups in total. The van der Waals surface area contributed by atoms with Gasteiger partial charge in [0.1, 0.15) is 0 Å². The Labute approximate surface area is 50.8 Å². The van der Waals surface area contributed by atoms with E-state index < -0.39 is 0 Å². The SMILES string of the molecule is CNC1C=C[C@@H](C)C1. The first kappa shape index (κ1) is 5.83. The molecule has 1 heteroatoms. The molecule has 8 heavy (non-hydrogen) atoms. The van der Waals surface area contributed by atoms with Crippen LogP contribution in [0.3, 0.4) is 0 Å². The standard InChI is InChI=1S/C7H13N/c1-6-3-4-7(5-6)8-2/h3-4,6-8H,5H2,1-2H3/t6-,7?/m1/s1. The summed E-state index contributed by atoms with van der Waals surface area (Å²) in [5.41, 5.74) is 0. The Kier molecular flexibility index (Phi) is 1.69. The zero-order valence-electron chi connectivity index (χ0n) is 5.52. The lowest BCUT2D eigenvalue weighted by Gasteiger charge is -2.04. The molecule has 1 aliphatic carbocycles. The molecule has 2 atom stereocenters. The number of likely N-dealkylation sites (N-methyl/N-ethyl adjacent to an activating group) is 1. The lowest BCUT2D eigenvalue weighted by molar-refractivity contribution is 0.574. The molecule has 0 aromatic heterocycles. The van der Waals surface area contributed by atoms with E-state index in [1.54, 1.807) is 0 Å². The van der Waals surface area contributed by atoms with Crippen LogP contribution >= 0.6 is 0 Å². The molecule has 1 rings (SSSR count). The predicted octanol–water partition coefficient (Wildman–Crippen LogP) is 1.17. The molecule has 0 spiro atoms. The highest BCUT2D eigenvalue weighted by atomic mass is 14.9. The highest BCUT2D eigenvalue weighted by molar-refractivity contribution is 5.03. The summed E-state index contributed by atoms with van der Waals surface area (Å²) in [7, 11) is 2.01. The molecule has 0 aromatic rings. The molecule has 1 unspecified atom stereocenters. The number of hydrogen-bond acceptors (Lipinski definition) is 1. The molecular formula is C7H13N. The average molecular weight is 111 g/mol. The Bertz CT molecular complexity index is 96.6. The highest BCUT2D eigenvalue weighted by Gasteiger charge is 2.11. The maximum absolute atomic E-state index is 3.21. The summed E-state index contributed by atoms with van der Waals surface area (Å²) in [5, 5.41) is 3.21. The van der Waals surface area contributed by atoms with E-state index >= 15 is 0 Å². The van der Waals surface area contributed by atoms with E-state index in [0.29, 0.717) is 6.04 Å². The van der Waals surface area contributed by atoms with E-state index in [-0.39, 0.29) is 0 Å². The Hall–Kier alpha value is -0.300. The number of rotatable bonds is 1. The molecule has 0 fully saturated rings. The molecule has 0 saturated carbocycles. The van der Waals surface area contributed by atoms with Crippen LogP contribution in [0.1, 0.15) is 13.3 Å². The topological polar surface area (TPSA) is 12.0 Å². The van der Waals surface area contributed by atoms with Crippen LogP contribution in [-0.2, 0) is 0 Å². The van der Waals surface area contributed by atoms with Gasteiger partial charge in [0.05, 0.1) is 0 Å². The summed E-state index contributed by atoms with van der Waals surface area (Å²) in [5.74, 6) is 0.785.